The minimum atomic E-state index is -1.27. The number of aromatic nitrogens is 2. The van der Waals surface area contributed by atoms with Gasteiger partial charge in [-0.1, -0.05) is 0 Å². The SMILES string of the molecule is CNCC(=O)N(C(=O)C(N)Cc1c[nH]cn1)C(CCCCN)C(=O)O. The van der Waals surface area contributed by atoms with E-state index in [0.717, 1.165) is 4.90 Å². The van der Waals surface area contributed by atoms with Crippen molar-refractivity contribution >= 4 is 17.8 Å². The Balaban J connectivity index is 2.97. The zero-order chi connectivity index (χ0) is 18.8. The highest BCUT2D eigenvalue weighted by molar-refractivity contribution is 6.02. The molecule has 0 saturated heterocycles. The number of nitrogens with two attached hydrogens (primary N) is 2. The van der Waals surface area contributed by atoms with Gasteiger partial charge in [0.2, 0.25) is 11.8 Å². The van der Waals surface area contributed by atoms with Crippen LogP contribution in [0.25, 0.3) is 0 Å². The molecule has 0 aromatic carbocycles. The third-order valence-corrected chi connectivity index (χ3v) is 3.66. The second-order valence-electron chi connectivity index (χ2n) is 5.64. The van der Waals surface area contributed by atoms with Crippen molar-refractivity contribution in [2.75, 3.05) is 20.1 Å². The van der Waals surface area contributed by atoms with Gasteiger partial charge in [0, 0.05) is 12.6 Å². The fourth-order valence-electron chi connectivity index (χ4n) is 2.43. The highest BCUT2D eigenvalue weighted by Crippen LogP contribution is 2.13. The Bertz CT molecular complexity index is 562. The maximum absolute atomic E-state index is 12.7. The molecule has 7 N–H and O–H groups in total. The van der Waals surface area contributed by atoms with Crippen molar-refractivity contribution in [2.24, 2.45) is 11.5 Å². The molecule has 0 saturated carbocycles. The first kappa shape index (κ1) is 20.7. The van der Waals surface area contributed by atoms with Crippen LogP contribution in [0, 0.1) is 0 Å². The van der Waals surface area contributed by atoms with Crippen molar-refractivity contribution in [3.63, 3.8) is 0 Å². The summed E-state index contributed by atoms with van der Waals surface area (Å²) in [7, 11) is 1.54. The van der Waals surface area contributed by atoms with Gasteiger partial charge in [-0.3, -0.25) is 14.5 Å². The number of unbranched alkanes of at least 4 members (excludes halogenated alkanes) is 1. The van der Waals surface area contributed by atoms with E-state index in [1.165, 1.54) is 13.4 Å². The molecular formula is C15H26N6O4. The van der Waals surface area contributed by atoms with Crippen LogP contribution in [0.2, 0.25) is 0 Å². The number of aromatic amines is 1. The highest BCUT2D eigenvalue weighted by Gasteiger charge is 2.36. The molecule has 25 heavy (non-hydrogen) atoms. The lowest BCUT2D eigenvalue weighted by Gasteiger charge is -2.29. The Morgan fingerprint density at radius 3 is 2.64 bits per heavy atom. The van der Waals surface area contributed by atoms with Crippen LogP contribution in [0.4, 0.5) is 0 Å². The van der Waals surface area contributed by atoms with Crippen molar-refractivity contribution in [1.82, 2.24) is 20.2 Å². The molecule has 1 heterocycles. The molecule has 2 atom stereocenters. The third kappa shape index (κ3) is 6.25. The van der Waals surface area contributed by atoms with Crippen LogP contribution in [0.3, 0.4) is 0 Å². The number of carbonyl (C=O) groups excluding carboxylic acids is 2. The zero-order valence-corrected chi connectivity index (χ0v) is 14.3. The quantitative estimate of drug-likeness (QED) is 0.297. The Kier molecular flexibility index (Phi) is 8.75. The summed E-state index contributed by atoms with van der Waals surface area (Å²) in [6.45, 7) is 0.241. The highest BCUT2D eigenvalue weighted by atomic mass is 16.4. The van der Waals surface area contributed by atoms with Crippen molar-refractivity contribution in [3.05, 3.63) is 18.2 Å². The van der Waals surface area contributed by atoms with Crippen molar-refractivity contribution < 1.29 is 19.5 Å². The number of aliphatic carboxylic acids is 1. The molecule has 0 aliphatic carbocycles. The van der Waals surface area contributed by atoms with Crippen LogP contribution in [0.5, 0.6) is 0 Å². The lowest BCUT2D eigenvalue weighted by atomic mass is 10.0. The molecule has 0 aliphatic heterocycles. The van der Waals surface area contributed by atoms with Gasteiger partial charge in [0.25, 0.3) is 0 Å². The molecular weight excluding hydrogens is 328 g/mol. The average Bonchev–Trinajstić information content (AvgIpc) is 3.06. The molecule has 0 bridgehead atoms. The number of nitrogens with one attached hydrogen (secondary N) is 2. The van der Waals surface area contributed by atoms with Crippen LogP contribution in [0.1, 0.15) is 25.0 Å². The first-order valence-corrected chi connectivity index (χ1v) is 8.09. The molecule has 1 rings (SSSR count). The van der Waals surface area contributed by atoms with Crippen molar-refractivity contribution in [1.29, 1.82) is 0 Å². The number of rotatable bonds is 11. The number of hydrogen-bond donors (Lipinski definition) is 5. The molecule has 1 aromatic rings. The monoisotopic (exact) mass is 354 g/mol. The molecule has 2 amide bonds. The van der Waals surface area contributed by atoms with Gasteiger partial charge in [-0.05, 0) is 32.9 Å². The topological polar surface area (TPSA) is 167 Å². The number of nitrogens with zero attached hydrogens (tertiary/aromatic N) is 2. The lowest BCUT2D eigenvalue weighted by Crippen LogP contribution is -2.56. The van der Waals surface area contributed by atoms with Gasteiger partial charge in [0.15, 0.2) is 0 Å². The van der Waals surface area contributed by atoms with Crippen molar-refractivity contribution in [3.8, 4) is 0 Å². The molecule has 0 fully saturated rings. The van der Waals surface area contributed by atoms with Crippen LogP contribution in [0.15, 0.2) is 12.5 Å². The van der Waals surface area contributed by atoms with Crippen LogP contribution < -0.4 is 16.8 Å². The number of imidazole rings is 1. The van der Waals surface area contributed by atoms with Gasteiger partial charge < -0.3 is 26.9 Å². The minimum Gasteiger partial charge on any atom is -0.480 e. The summed E-state index contributed by atoms with van der Waals surface area (Å²) in [6, 6.07) is -2.34. The van der Waals surface area contributed by atoms with E-state index in [1.807, 2.05) is 0 Å². The van der Waals surface area contributed by atoms with Crippen molar-refractivity contribution in [2.45, 2.75) is 37.8 Å². The van der Waals surface area contributed by atoms with E-state index < -0.39 is 29.9 Å². The fraction of sp³-hybridized carbons (Fsp3) is 0.600. The minimum absolute atomic E-state index is 0.0980. The molecule has 0 spiro atoms. The van der Waals surface area contributed by atoms with E-state index in [1.54, 1.807) is 6.20 Å². The van der Waals surface area contributed by atoms with Gasteiger partial charge in [-0.2, -0.15) is 0 Å². The summed E-state index contributed by atoms with van der Waals surface area (Å²) >= 11 is 0. The predicted octanol–water partition coefficient (Wildman–Crippen LogP) is -1.56. The smallest absolute Gasteiger partial charge is 0.326 e. The molecule has 1 aromatic heterocycles. The summed E-state index contributed by atoms with van der Waals surface area (Å²) in [5.74, 6) is -2.62. The Morgan fingerprint density at radius 2 is 2.12 bits per heavy atom. The summed E-state index contributed by atoms with van der Waals surface area (Å²) in [6.07, 6.45) is 4.35. The molecule has 2 unspecified atom stereocenters. The number of imide groups is 1. The summed E-state index contributed by atoms with van der Waals surface area (Å²) in [5, 5.41) is 12.1. The molecule has 10 heteroatoms. The number of carboxylic acid groups (broad SMARTS) is 1. The number of H-pyrrole nitrogens is 1. The number of carbonyl (C=O) groups is 3. The second kappa shape index (κ2) is 10.5. The number of likely N-dealkylation sites (N-methyl/N-ethyl adjacent to an activating group) is 1. The van der Waals surface area contributed by atoms with E-state index in [9.17, 15) is 19.5 Å². The lowest BCUT2D eigenvalue weighted by molar-refractivity contribution is -0.158. The van der Waals surface area contributed by atoms with E-state index in [2.05, 4.69) is 15.3 Å². The van der Waals surface area contributed by atoms with Gasteiger partial charge in [0.05, 0.1) is 24.6 Å². The van der Waals surface area contributed by atoms with E-state index >= 15 is 0 Å². The number of carboxylic acids is 1. The molecule has 0 aliphatic rings. The number of amides is 2. The van der Waals surface area contributed by atoms with Crippen LogP contribution in [-0.2, 0) is 20.8 Å². The van der Waals surface area contributed by atoms with Crippen LogP contribution in [-0.4, -0.2) is 70.0 Å². The van der Waals surface area contributed by atoms with Gasteiger partial charge >= 0.3 is 5.97 Å². The summed E-state index contributed by atoms with van der Waals surface area (Å²) in [4.78, 5) is 44.2. The Hall–Kier alpha value is -2.30. The van der Waals surface area contributed by atoms with E-state index in [0.29, 0.717) is 25.1 Å². The maximum atomic E-state index is 12.7. The molecule has 140 valence electrons. The van der Waals surface area contributed by atoms with Gasteiger partial charge in [-0.25, -0.2) is 9.78 Å². The van der Waals surface area contributed by atoms with E-state index in [-0.39, 0.29) is 19.4 Å². The van der Waals surface area contributed by atoms with E-state index in [4.69, 9.17) is 11.5 Å². The molecule has 10 nitrogen and oxygen atoms in total. The predicted molar refractivity (Wildman–Crippen MR) is 90.4 cm³/mol. The summed E-state index contributed by atoms with van der Waals surface area (Å²) < 4.78 is 0. The normalized spacial score (nSPS) is 13.2. The fourth-order valence-corrected chi connectivity index (χ4v) is 2.43. The first-order chi connectivity index (χ1) is 11.9. The molecule has 0 radical (unpaired) electrons. The summed E-state index contributed by atoms with van der Waals surface area (Å²) in [5.41, 5.74) is 11.9. The number of hydrogen-bond acceptors (Lipinski definition) is 7. The Labute approximate surface area is 146 Å². The second-order valence-corrected chi connectivity index (χ2v) is 5.64. The largest absolute Gasteiger partial charge is 0.480 e. The third-order valence-electron chi connectivity index (χ3n) is 3.66. The first-order valence-electron chi connectivity index (χ1n) is 8.09. The Morgan fingerprint density at radius 1 is 1.40 bits per heavy atom. The average molecular weight is 354 g/mol. The van der Waals surface area contributed by atoms with Crippen LogP contribution >= 0.6 is 0 Å². The van der Waals surface area contributed by atoms with Gasteiger partial charge in [0.1, 0.15) is 6.04 Å². The zero-order valence-electron chi connectivity index (χ0n) is 14.3. The van der Waals surface area contributed by atoms with Gasteiger partial charge in [-0.15, -0.1) is 0 Å². The standard InChI is InChI=1S/C15H26N6O4/c1-18-8-13(22)21(12(15(24)25)4-2-3-5-16)14(23)11(17)6-10-7-19-9-20-10/h7,9,11-12,18H,2-6,8,16-17H2,1H3,(H,19,20)(H,24,25). The maximum Gasteiger partial charge on any atom is 0.326 e.